The minimum atomic E-state index is -1.11. The van der Waals surface area contributed by atoms with Crippen molar-refractivity contribution in [3.8, 4) is 5.75 Å². The van der Waals surface area contributed by atoms with Gasteiger partial charge in [-0.15, -0.1) is 0 Å². The van der Waals surface area contributed by atoms with Crippen LogP contribution in [0.5, 0.6) is 5.75 Å². The first-order valence-electron chi connectivity index (χ1n) is 12.8. The molecule has 1 saturated carbocycles. The molecule has 6 rings (SSSR count). The lowest BCUT2D eigenvalue weighted by molar-refractivity contribution is -0.134. The summed E-state index contributed by atoms with van der Waals surface area (Å²) in [6.07, 6.45) is 1.23. The number of carbonyl (C=O) groups excluding carboxylic acids is 3. The molecule has 4 atom stereocenters. The first kappa shape index (κ1) is 23.4. The third-order valence-electron chi connectivity index (χ3n) is 8.65. The van der Waals surface area contributed by atoms with Crippen LogP contribution >= 0.6 is 0 Å². The van der Waals surface area contributed by atoms with E-state index in [0.29, 0.717) is 24.3 Å². The molecule has 3 aliphatic rings. The molecule has 1 aliphatic heterocycles. The third-order valence-corrected chi connectivity index (χ3v) is 8.65. The molecule has 0 aromatic heterocycles. The molecule has 1 saturated heterocycles. The first-order valence-corrected chi connectivity index (χ1v) is 12.8. The summed E-state index contributed by atoms with van der Waals surface area (Å²) in [5.41, 5.74) is 2.00. The largest absolute Gasteiger partial charge is 0.497 e. The number of anilines is 1. The molecule has 2 fully saturated rings. The second-order valence-electron chi connectivity index (χ2n) is 10.4. The highest BCUT2D eigenvalue weighted by Gasteiger charge is 2.80. The van der Waals surface area contributed by atoms with Crippen molar-refractivity contribution in [3.05, 3.63) is 96.1 Å². The van der Waals surface area contributed by atoms with Gasteiger partial charge >= 0.3 is 0 Å². The number of rotatable bonds is 6. The van der Waals surface area contributed by atoms with E-state index in [1.807, 2.05) is 74.5 Å². The standard InChI is InChI=1S/C32H29NO4/c1-4-19-32-25(21-13-9-6-10-14-21)24(20-11-7-5-8-12-20)31(2,30(32)36)26-27(32)29(35)33(28(26)34)22-15-17-23(37-3)18-16-22/h5-18,26-27H,4,19H2,1-3H3/t26-,27-,31-,32+/m0/s1. The van der Waals surface area contributed by atoms with Crippen molar-refractivity contribution in [1.29, 1.82) is 0 Å². The molecule has 0 N–H and O–H groups in total. The lowest BCUT2D eigenvalue weighted by atomic mass is 9.61. The normalized spacial score (nSPS) is 28.3. The first-order chi connectivity index (χ1) is 17.9. The number of methoxy groups -OCH3 is 1. The van der Waals surface area contributed by atoms with Crippen molar-refractivity contribution in [3.63, 3.8) is 0 Å². The number of nitrogens with zero attached hydrogens (tertiary/aromatic N) is 1. The number of amides is 2. The number of allylic oxidation sites excluding steroid dienone is 2. The summed E-state index contributed by atoms with van der Waals surface area (Å²) in [7, 11) is 1.58. The van der Waals surface area contributed by atoms with Gasteiger partial charge in [-0.2, -0.15) is 0 Å². The third kappa shape index (κ3) is 2.88. The van der Waals surface area contributed by atoms with E-state index in [0.717, 1.165) is 22.3 Å². The fraction of sp³-hybridized carbons (Fsp3) is 0.281. The molecule has 2 aliphatic carbocycles. The average Bonchev–Trinajstić information content (AvgIpc) is 3.39. The summed E-state index contributed by atoms with van der Waals surface area (Å²) in [6, 6.07) is 26.8. The Balaban J connectivity index is 1.62. The summed E-state index contributed by atoms with van der Waals surface area (Å²) in [4.78, 5) is 44.3. The number of imide groups is 1. The fourth-order valence-corrected chi connectivity index (χ4v) is 7.34. The minimum absolute atomic E-state index is 0.00522. The molecule has 0 spiro atoms. The SMILES string of the molecule is CCC[C@@]12C(=O)[C@@](C)(C(c3ccccc3)=C1c1ccccc1)[C@@H]1C(=O)N(c3ccc(OC)cc3)C(=O)[C@H]12. The number of hydrogen-bond donors (Lipinski definition) is 0. The number of carbonyl (C=O) groups is 3. The Morgan fingerprint density at radius 1 is 0.757 bits per heavy atom. The van der Waals surface area contributed by atoms with Crippen molar-refractivity contribution >= 4 is 34.4 Å². The van der Waals surface area contributed by atoms with Crippen LogP contribution in [0.3, 0.4) is 0 Å². The molecule has 1 heterocycles. The van der Waals surface area contributed by atoms with Crippen molar-refractivity contribution in [2.45, 2.75) is 26.7 Å². The molecule has 0 radical (unpaired) electrons. The van der Waals surface area contributed by atoms with E-state index >= 15 is 0 Å². The predicted octanol–water partition coefficient (Wildman–Crippen LogP) is 5.80. The van der Waals surface area contributed by atoms with Gasteiger partial charge in [0, 0.05) is 0 Å². The number of benzene rings is 3. The topological polar surface area (TPSA) is 63.7 Å². The molecule has 2 amide bonds. The maximum absolute atomic E-state index is 14.6. The van der Waals surface area contributed by atoms with Gasteiger partial charge in [0.25, 0.3) is 0 Å². The summed E-state index contributed by atoms with van der Waals surface area (Å²) >= 11 is 0. The Kier molecular flexibility index (Phi) is 5.23. The average molecular weight is 492 g/mol. The Morgan fingerprint density at radius 3 is 1.84 bits per heavy atom. The summed E-state index contributed by atoms with van der Waals surface area (Å²) in [6.45, 7) is 3.93. The number of Topliss-reactive ketones (excluding diaryl/α,β-unsaturated/α-hetero) is 1. The molecule has 2 bridgehead atoms. The molecule has 5 heteroatoms. The van der Waals surface area contributed by atoms with Crippen LogP contribution in [-0.2, 0) is 14.4 Å². The van der Waals surface area contributed by atoms with E-state index in [1.165, 1.54) is 4.90 Å². The van der Waals surface area contributed by atoms with Crippen LogP contribution in [0.25, 0.3) is 11.1 Å². The van der Waals surface area contributed by atoms with Crippen LogP contribution in [0.15, 0.2) is 84.9 Å². The summed E-state index contributed by atoms with van der Waals surface area (Å²) < 4.78 is 5.27. The van der Waals surface area contributed by atoms with Crippen molar-refractivity contribution in [2.24, 2.45) is 22.7 Å². The molecule has 5 nitrogen and oxygen atoms in total. The highest BCUT2D eigenvalue weighted by molar-refractivity contribution is 6.34. The number of ether oxygens (including phenoxy) is 1. The van der Waals surface area contributed by atoms with Crippen LogP contribution in [0.2, 0.25) is 0 Å². The van der Waals surface area contributed by atoms with Crippen molar-refractivity contribution in [1.82, 2.24) is 0 Å². The summed E-state index contributed by atoms with van der Waals surface area (Å²) in [5, 5.41) is 0. The smallest absolute Gasteiger partial charge is 0.239 e. The Hall–Kier alpha value is -3.99. The molecule has 0 unspecified atom stereocenters. The van der Waals surface area contributed by atoms with Gasteiger partial charge in [-0.05, 0) is 59.9 Å². The van der Waals surface area contributed by atoms with Crippen LogP contribution in [0.4, 0.5) is 5.69 Å². The van der Waals surface area contributed by atoms with Crippen LogP contribution in [0.1, 0.15) is 37.8 Å². The quantitative estimate of drug-likeness (QED) is 0.409. The van der Waals surface area contributed by atoms with Gasteiger partial charge in [0.15, 0.2) is 5.78 Å². The van der Waals surface area contributed by atoms with Gasteiger partial charge in [-0.3, -0.25) is 14.4 Å². The monoisotopic (exact) mass is 491 g/mol. The van der Waals surface area contributed by atoms with Gasteiger partial charge in [0.1, 0.15) is 5.75 Å². The molecular weight excluding hydrogens is 462 g/mol. The molecule has 186 valence electrons. The zero-order valence-corrected chi connectivity index (χ0v) is 21.2. The van der Waals surface area contributed by atoms with Crippen LogP contribution in [-0.4, -0.2) is 24.7 Å². The van der Waals surface area contributed by atoms with E-state index < -0.39 is 22.7 Å². The van der Waals surface area contributed by atoms with E-state index in [9.17, 15) is 14.4 Å². The van der Waals surface area contributed by atoms with Gasteiger partial charge in [0.05, 0.1) is 35.5 Å². The number of ketones is 1. The Morgan fingerprint density at radius 2 is 1.30 bits per heavy atom. The van der Waals surface area contributed by atoms with E-state index in [-0.39, 0.29) is 17.6 Å². The molecule has 37 heavy (non-hydrogen) atoms. The van der Waals surface area contributed by atoms with Crippen LogP contribution in [0, 0.1) is 22.7 Å². The van der Waals surface area contributed by atoms with Crippen LogP contribution < -0.4 is 9.64 Å². The zero-order chi connectivity index (χ0) is 25.9. The second kappa shape index (κ2) is 8.27. The minimum Gasteiger partial charge on any atom is -0.497 e. The summed E-state index contributed by atoms with van der Waals surface area (Å²) in [5.74, 6) is -1.41. The van der Waals surface area contributed by atoms with Gasteiger partial charge in [0.2, 0.25) is 11.8 Å². The van der Waals surface area contributed by atoms with Crippen molar-refractivity contribution < 1.29 is 19.1 Å². The maximum Gasteiger partial charge on any atom is 0.239 e. The van der Waals surface area contributed by atoms with Gasteiger partial charge in [-0.25, -0.2) is 4.90 Å². The lowest BCUT2D eigenvalue weighted by Gasteiger charge is -2.37. The second-order valence-corrected chi connectivity index (χ2v) is 10.4. The molecular formula is C32H29NO4. The Labute approximate surface area is 216 Å². The van der Waals surface area contributed by atoms with E-state index in [4.69, 9.17) is 4.74 Å². The van der Waals surface area contributed by atoms with E-state index in [2.05, 4.69) is 0 Å². The van der Waals surface area contributed by atoms with Crippen molar-refractivity contribution in [2.75, 3.05) is 12.0 Å². The van der Waals surface area contributed by atoms with Gasteiger partial charge < -0.3 is 4.74 Å². The van der Waals surface area contributed by atoms with E-state index in [1.54, 1.807) is 31.4 Å². The fourth-order valence-electron chi connectivity index (χ4n) is 7.34. The molecule has 3 aromatic carbocycles. The highest BCUT2D eigenvalue weighted by atomic mass is 16.5. The number of hydrogen-bond acceptors (Lipinski definition) is 4. The molecule has 3 aromatic rings. The predicted molar refractivity (Wildman–Crippen MR) is 143 cm³/mol. The maximum atomic E-state index is 14.6. The van der Waals surface area contributed by atoms with Gasteiger partial charge in [-0.1, -0.05) is 74.0 Å². The number of fused-ring (bicyclic) bond motifs is 5. The lowest BCUT2D eigenvalue weighted by Crippen LogP contribution is -2.41. The highest BCUT2D eigenvalue weighted by Crippen LogP contribution is 2.74. The Bertz CT molecular complexity index is 1440. The zero-order valence-electron chi connectivity index (χ0n) is 21.2.